The van der Waals surface area contributed by atoms with Crippen molar-refractivity contribution >= 4 is 16.7 Å². The van der Waals surface area contributed by atoms with Crippen molar-refractivity contribution < 1.29 is 0 Å². The Bertz CT molecular complexity index is 513. The molecule has 0 saturated heterocycles. The Hall–Kier alpha value is -1.57. The Morgan fingerprint density at radius 1 is 1.38 bits per heavy atom. The van der Waals surface area contributed by atoms with Gasteiger partial charge in [-0.3, -0.25) is 0 Å². The van der Waals surface area contributed by atoms with Crippen molar-refractivity contribution in [3.63, 3.8) is 0 Å². The molecule has 1 fully saturated rings. The van der Waals surface area contributed by atoms with Crippen LogP contribution in [0.3, 0.4) is 0 Å². The molecule has 1 aliphatic carbocycles. The van der Waals surface area contributed by atoms with Crippen LogP contribution in [0.4, 0.5) is 5.82 Å². The van der Waals surface area contributed by atoms with E-state index >= 15 is 0 Å². The quantitative estimate of drug-likeness (QED) is 0.781. The zero-order chi connectivity index (χ0) is 10.5. The molecule has 2 nitrogen and oxygen atoms in total. The van der Waals surface area contributed by atoms with E-state index in [1.54, 1.807) is 0 Å². The Labute approximate surface area is 94.7 Å². The van der Waals surface area contributed by atoms with Crippen LogP contribution in [0.15, 0.2) is 24.3 Å². The predicted octanol–water partition coefficient (Wildman–Crippen LogP) is 2.78. The molecule has 1 aromatic heterocycles. The molecule has 79 valence electrons. The van der Waals surface area contributed by atoms with Crippen molar-refractivity contribution in [2.75, 3.05) is 5.32 Å². The summed E-state index contributed by atoms with van der Waals surface area (Å²) in [6.07, 6.45) is 3.93. The smallest absolute Gasteiger partial charge is 0.130 e. The molecule has 4 rings (SSSR count). The maximum absolute atomic E-state index is 4.67. The molecule has 16 heavy (non-hydrogen) atoms. The normalized spacial score (nSPS) is 23.1. The first kappa shape index (κ1) is 8.57. The van der Waals surface area contributed by atoms with Crippen molar-refractivity contribution in [3.8, 4) is 0 Å². The molecule has 1 N–H and O–H groups in total. The third kappa shape index (κ3) is 1.22. The second-order valence-corrected chi connectivity index (χ2v) is 4.91. The highest BCUT2D eigenvalue weighted by Crippen LogP contribution is 2.40. The number of aromatic nitrogens is 1. The minimum absolute atomic E-state index is 0.642. The van der Waals surface area contributed by atoms with Crippen LogP contribution in [0.2, 0.25) is 0 Å². The fourth-order valence-corrected chi connectivity index (χ4v) is 2.63. The summed E-state index contributed by atoms with van der Waals surface area (Å²) in [5.41, 5.74) is 2.43. The molecule has 0 spiro atoms. The number of fused-ring (bicyclic) bond motifs is 2. The molecular formula is C14H13N2. The van der Waals surface area contributed by atoms with Crippen LogP contribution in [-0.2, 0) is 6.42 Å². The van der Waals surface area contributed by atoms with Gasteiger partial charge in [0.25, 0.3) is 0 Å². The maximum atomic E-state index is 4.67. The highest BCUT2D eigenvalue weighted by atomic mass is 15.1. The van der Waals surface area contributed by atoms with Gasteiger partial charge >= 0.3 is 0 Å². The fraction of sp³-hybridized carbons (Fsp3) is 0.357. The minimum atomic E-state index is 0.642. The van der Waals surface area contributed by atoms with E-state index in [1.165, 1.54) is 23.8 Å². The first-order chi connectivity index (χ1) is 7.90. The standard InChI is InChI=1S/C14H13N2/c1-2-4-12-10(3-1)7-11-8-13(9-5-6-9)16-14(11)15-12/h1,3-4,7,9,13H,5-6,8H2,(H,15,16)/t13-/m1/s1. The summed E-state index contributed by atoms with van der Waals surface area (Å²) < 4.78 is 0. The molecule has 0 bridgehead atoms. The Morgan fingerprint density at radius 2 is 2.31 bits per heavy atom. The molecule has 1 radical (unpaired) electrons. The summed E-state index contributed by atoms with van der Waals surface area (Å²) in [6, 6.07) is 12.0. The van der Waals surface area contributed by atoms with E-state index in [1.807, 2.05) is 12.1 Å². The van der Waals surface area contributed by atoms with Gasteiger partial charge in [-0.05, 0) is 48.9 Å². The fourth-order valence-electron chi connectivity index (χ4n) is 2.63. The first-order valence-corrected chi connectivity index (χ1v) is 5.96. The van der Waals surface area contributed by atoms with Gasteiger partial charge in [0.1, 0.15) is 5.82 Å². The number of nitrogens with one attached hydrogen (secondary N) is 1. The van der Waals surface area contributed by atoms with Gasteiger partial charge in [-0.1, -0.05) is 12.1 Å². The van der Waals surface area contributed by atoms with Gasteiger partial charge in [-0.15, -0.1) is 0 Å². The Morgan fingerprint density at radius 3 is 3.19 bits per heavy atom. The number of hydrogen-bond acceptors (Lipinski definition) is 2. The van der Waals surface area contributed by atoms with Crippen molar-refractivity contribution in [1.29, 1.82) is 0 Å². The van der Waals surface area contributed by atoms with Crippen molar-refractivity contribution in [1.82, 2.24) is 4.98 Å². The molecule has 1 aromatic carbocycles. The third-order valence-corrected chi connectivity index (χ3v) is 3.69. The summed E-state index contributed by atoms with van der Waals surface area (Å²) in [6.45, 7) is 0. The molecule has 2 heterocycles. The summed E-state index contributed by atoms with van der Waals surface area (Å²) in [5.74, 6) is 1.99. The molecule has 0 amide bonds. The second-order valence-electron chi connectivity index (χ2n) is 4.91. The number of rotatable bonds is 1. The van der Waals surface area contributed by atoms with Crippen LogP contribution < -0.4 is 5.32 Å². The van der Waals surface area contributed by atoms with Crippen molar-refractivity contribution in [3.05, 3.63) is 35.9 Å². The Balaban J connectivity index is 1.82. The van der Waals surface area contributed by atoms with Gasteiger partial charge < -0.3 is 5.32 Å². The number of benzene rings is 1. The summed E-state index contributed by atoms with van der Waals surface area (Å²) in [4.78, 5) is 4.67. The largest absolute Gasteiger partial charge is 0.366 e. The average molecular weight is 209 g/mol. The van der Waals surface area contributed by atoms with Gasteiger partial charge in [-0.2, -0.15) is 0 Å². The Kier molecular flexibility index (Phi) is 1.59. The lowest BCUT2D eigenvalue weighted by molar-refractivity contribution is 0.659. The zero-order valence-corrected chi connectivity index (χ0v) is 9.03. The topological polar surface area (TPSA) is 24.9 Å². The van der Waals surface area contributed by atoms with E-state index in [9.17, 15) is 0 Å². The lowest BCUT2D eigenvalue weighted by atomic mass is 10.1. The van der Waals surface area contributed by atoms with E-state index in [-0.39, 0.29) is 0 Å². The molecule has 1 aliphatic heterocycles. The summed E-state index contributed by atoms with van der Waals surface area (Å²) in [5, 5.41) is 4.80. The first-order valence-electron chi connectivity index (χ1n) is 5.96. The molecule has 2 aromatic rings. The average Bonchev–Trinajstić information content (AvgIpc) is 3.07. The lowest BCUT2D eigenvalue weighted by Crippen LogP contribution is -2.17. The highest BCUT2D eigenvalue weighted by molar-refractivity contribution is 5.82. The van der Waals surface area contributed by atoms with Crippen LogP contribution in [0.1, 0.15) is 18.4 Å². The predicted molar refractivity (Wildman–Crippen MR) is 64.4 cm³/mol. The van der Waals surface area contributed by atoms with Crippen molar-refractivity contribution in [2.45, 2.75) is 25.3 Å². The van der Waals surface area contributed by atoms with E-state index in [0.29, 0.717) is 6.04 Å². The maximum Gasteiger partial charge on any atom is 0.130 e. The van der Waals surface area contributed by atoms with Crippen LogP contribution in [0.5, 0.6) is 0 Å². The van der Waals surface area contributed by atoms with Gasteiger partial charge in [-0.25, -0.2) is 4.98 Å². The molecule has 2 aliphatic rings. The summed E-state index contributed by atoms with van der Waals surface area (Å²) >= 11 is 0. The van der Waals surface area contributed by atoms with E-state index in [0.717, 1.165) is 23.7 Å². The second kappa shape index (κ2) is 2.97. The number of pyridine rings is 1. The SMILES string of the molecule is [c]1ccc2cc3c(nc2c1)N[C@@H](C1CC1)C3. The molecule has 0 unspecified atom stereocenters. The minimum Gasteiger partial charge on any atom is -0.366 e. The van der Waals surface area contributed by atoms with Gasteiger partial charge in [0.15, 0.2) is 0 Å². The van der Waals surface area contributed by atoms with Crippen molar-refractivity contribution in [2.24, 2.45) is 5.92 Å². The molecule has 2 heteroatoms. The van der Waals surface area contributed by atoms with E-state index in [4.69, 9.17) is 0 Å². The lowest BCUT2D eigenvalue weighted by Gasteiger charge is -2.07. The van der Waals surface area contributed by atoms with E-state index in [2.05, 4.69) is 28.5 Å². The van der Waals surface area contributed by atoms with Gasteiger partial charge in [0, 0.05) is 11.4 Å². The molecule has 1 saturated carbocycles. The van der Waals surface area contributed by atoms with Gasteiger partial charge in [0.2, 0.25) is 0 Å². The third-order valence-electron chi connectivity index (χ3n) is 3.69. The van der Waals surface area contributed by atoms with E-state index < -0.39 is 0 Å². The van der Waals surface area contributed by atoms with Crippen LogP contribution in [-0.4, -0.2) is 11.0 Å². The molecular weight excluding hydrogens is 196 g/mol. The van der Waals surface area contributed by atoms with Crippen LogP contribution in [0, 0.1) is 12.0 Å². The number of nitrogens with zero attached hydrogens (tertiary/aromatic N) is 1. The van der Waals surface area contributed by atoms with Crippen LogP contribution in [0.25, 0.3) is 10.9 Å². The van der Waals surface area contributed by atoms with Crippen LogP contribution >= 0.6 is 0 Å². The molecule has 1 atom stereocenters. The van der Waals surface area contributed by atoms with Gasteiger partial charge in [0.05, 0.1) is 5.52 Å². The monoisotopic (exact) mass is 209 g/mol. The highest BCUT2D eigenvalue weighted by Gasteiger charge is 2.35. The number of anilines is 1. The number of hydrogen-bond donors (Lipinski definition) is 1. The summed E-state index contributed by atoms with van der Waals surface area (Å²) in [7, 11) is 0. The zero-order valence-electron chi connectivity index (χ0n) is 9.03.